The molecule has 0 spiro atoms. The molecule has 1 N–H and O–H groups in total. The SMILES string of the molecule is CCNC(c1ccc(F)c(F)c1Br)C1CCCCCC1. The van der Waals surface area contributed by atoms with Gasteiger partial charge in [-0.25, -0.2) is 8.78 Å². The van der Waals surface area contributed by atoms with Gasteiger partial charge in [-0.15, -0.1) is 0 Å². The summed E-state index contributed by atoms with van der Waals surface area (Å²) in [6.07, 6.45) is 7.34. The monoisotopic (exact) mass is 345 g/mol. The van der Waals surface area contributed by atoms with E-state index in [0.717, 1.165) is 24.9 Å². The Bertz CT molecular complexity index is 442. The van der Waals surface area contributed by atoms with Crippen molar-refractivity contribution >= 4 is 15.9 Å². The first-order valence-corrected chi connectivity index (χ1v) is 8.31. The Morgan fingerprint density at radius 2 is 1.85 bits per heavy atom. The molecule has 0 aliphatic heterocycles. The lowest BCUT2D eigenvalue weighted by Crippen LogP contribution is -2.28. The zero-order chi connectivity index (χ0) is 14.5. The van der Waals surface area contributed by atoms with Crippen molar-refractivity contribution in [2.24, 2.45) is 5.92 Å². The molecule has 0 bridgehead atoms. The van der Waals surface area contributed by atoms with Gasteiger partial charge < -0.3 is 5.32 Å². The number of hydrogen-bond donors (Lipinski definition) is 1. The molecule has 0 saturated heterocycles. The van der Waals surface area contributed by atoms with Gasteiger partial charge in [0.1, 0.15) is 0 Å². The molecule has 0 amide bonds. The maximum Gasteiger partial charge on any atom is 0.173 e. The van der Waals surface area contributed by atoms with E-state index in [4.69, 9.17) is 0 Å². The van der Waals surface area contributed by atoms with Gasteiger partial charge in [-0.1, -0.05) is 38.7 Å². The summed E-state index contributed by atoms with van der Waals surface area (Å²) in [4.78, 5) is 0. The van der Waals surface area contributed by atoms with E-state index in [1.807, 2.05) is 0 Å². The zero-order valence-electron chi connectivity index (χ0n) is 11.9. The van der Waals surface area contributed by atoms with E-state index in [0.29, 0.717) is 5.92 Å². The summed E-state index contributed by atoms with van der Waals surface area (Å²) >= 11 is 3.23. The van der Waals surface area contributed by atoms with Crippen molar-refractivity contribution in [3.05, 3.63) is 33.8 Å². The molecular weight excluding hydrogens is 324 g/mol. The molecule has 1 unspecified atom stereocenters. The van der Waals surface area contributed by atoms with Crippen molar-refractivity contribution in [3.63, 3.8) is 0 Å². The van der Waals surface area contributed by atoms with Gasteiger partial charge in [-0.05, 0) is 52.9 Å². The lowest BCUT2D eigenvalue weighted by molar-refractivity contribution is 0.327. The smallest absolute Gasteiger partial charge is 0.173 e. The molecule has 1 aliphatic rings. The van der Waals surface area contributed by atoms with Crippen LogP contribution in [0.2, 0.25) is 0 Å². The van der Waals surface area contributed by atoms with Gasteiger partial charge in [0.05, 0.1) is 4.47 Å². The van der Waals surface area contributed by atoms with Crippen LogP contribution in [0.3, 0.4) is 0 Å². The quantitative estimate of drug-likeness (QED) is 0.573. The van der Waals surface area contributed by atoms with E-state index >= 15 is 0 Å². The molecule has 4 heteroatoms. The van der Waals surface area contributed by atoms with Crippen LogP contribution < -0.4 is 5.32 Å². The van der Waals surface area contributed by atoms with Crippen LogP contribution >= 0.6 is 15.9 Å². The van der Waals surface area contributed by atoms with Gasteiger partial charge in [-0.2, -0.15) is 0 Å². The number of halogens is 3. The summed E-state index contributed by atoms with van der Waals surface area (Å²) < 4.78 is 27.4. The maximum atomic E-state index is 13.8. The summed E-state index contributed by atoms with van der Waals surface area (Å²) in [5.41, 5.74) is 0.845. The number of hydrogen-bond acceptors (Lipinski definition) is 1. The van der Waals surface area contributed by atoms with Crippen molar-refractivity contribution in [2.75, 3.05) is 6.54 Å². The van der Waals surface area contributed by atoms with Crippen molar-refractivity contribution in [1.29, 1.82) is 0 Å². The summed E-state index contributed by atoms with van der Waals surface area (Å²) in [7, 11) is 0. The third-order valence-electron chi connectivity index (χ3n) is 4.20. The van der Waals surface area contributed by atoms with Crippen molar-refractivity contribution < 1.29 is 8.78 Å². The lowest BCUT2D eigenvalue weighted by Gasteiger charge is -2.28. The standard InChI is InChI=1S/C16H22BrF2N/c1-2-20-16(11-7-5-3-4-6-8-11)12-9-10-13(18)15(19)14(12)17/h9-11,16,20H,2-8H2,1H3. The van der Waals surface area contributed by atoms with E-state index in [1.54, 1.807) is 6.07 Å². The minimum Gasteiger partial charge on any atom is -0.310 e. The molecule has 0 radical (unpaired) electrons. The summed E-state index contributed by atoms with van der Waals surface area (Å²) in [6, 6.07) is 3.04. The second-order valence-electron chi connectivity index (χ2n) is 5.55. The topological polar surface area (TPSA) is 12.0 Å². The molecule has 1 saturated carbocycles. The third kappa shape index (κ3) is 3.59. The molecule has 1 aromatic rings. The molecule has 20 heavy (non-hydrogen) atoms. The molecule has 0 aromatic heterocycles. The highest BCUT2D eigenvalue weighted by molar-refractivity contribution is 9.10. The number of nitrogens with one attached hydrogen (secondary N) is 1. The van der Waals surface area contributed by atoms with Gasteiger partial charge in [-0.3, -0.25) is 0 Å². The van der Waals surface area contributed by atoms with Crippen LogP contribution in [0.5, 0.6) is 0 Å². The predicted molar refractivity (Wildman–Crippen MR) is 81.7 cm³/mol. The third-order valence-corrected chi connectivity index (χ3v) is 5.00. The van der Waals surface area contributed by atoms with Crippen LogP contribution in [-0.2, 0) is 0 Å². The molecule has 1 atom stereocenters. The Morgan fingerprint density at radius 3 is 2.45 bits per heavy atom. The van der Waals surface area contributed by atoms with E-state index in [2.05, 4.69) is 28.2 Å². The minimum atomic E-state index is -0.795. The van der Waals surface area contributed by atoms with Crippen LogP contribution in [-0.4, -0.2) is 6.54 Å². The Morgan fingerprint density at radius 1 is 1.20 bits per heavy atom. The van der Waals surface area contributed by atoms with E-state index < -0.39 is 11.6 Å². The fourth-order valence-corrected chi connectivity index (χ4v) is 3.74. The minimum absolute atomic E-state index is 0.0996. The lowest BCUT2D eigenvalue weighted by atomic mass is 9.87. The van der Waals surface area contributed by atoms with Crippen LogP contribution in [0.25, 0.3) is 0 Å². The Hall–Kier alpha value is -0.480. The number of benzene rings is 1. The molecule has 1 aliphatic carbocycles. The fraction of sp³-hybridized carbons (Fsp3) is 0.625. The Kier molecular flexibility index (Phi) is 5.97. The summed E-state index contributed by atoms with van der Waals surface area (Å²) in [5, 5.41) is 3.46. The average Bonchev–Trinajstić information content (AvgIpc) is 2.72. The molecule has 1 nitrogen and oxygen atoms in total. The highest BCUT2D eigenvalue weighted by Crippen LogP contribution is 2.37. The van der Waals surface area contributed by atoms with Gasteiger partial charge in [0.15, 0.2) is 11.6 Å². The first kappa shape index (κ1) is 15.9. The highest BCUT2D eigenvalue weighted by atomic mass is 79.9. The highest BCUT2D eigenvalue weighted by Gasteiger charge is 2.26. The molecule has 112 valence electrons. The van der Waals surface area contributed by atoms with Crippen LogP contribution in [0.1, 0.15) is 57.1 Å². The maximum absolute atomic E-state index is 13.8. The molecular formula is C16H22BrF2N. The van der Waals surface area contributed by atoms with Gasteiger partial charge in [0, 0.05) is 6.04 Å². The predicted octanol–water partition coefficient (Wildman–Crippen LogP) is 5.35. The van der Waals surface area contributed by atoms with Gasteiger partial charge in [0.2, 0.25) is 0 Å². The number of rotatable bonds is 4. The van der Waals surface area contributed by atoms with Crippen molar-refractivity contribution in [3.8, 4) is 0 Å². The molecule has 0 heterocycles. The van der Waals surface area contributed by atoms with Crippen LogP contribution in [0.15, 0.2) is 16.6 Å². The Balaban J connectivity index is 2.29. The fourth-order valence-electron chi connectivity index (χ4n) is 3.18. The van der Waals surface area contributed by atoms with E-state index in [9.17, 15) is 8.78 Å². The average molecular weight is 346 g/mol. The van der Waals surface area contributed by atoms with Crippen molar-refractivity contribution in [2.45, 2.75) is 51.5 Å². The van der Waals surface area contributed by atoms with Crippen LogP contribution in [0.4, 0.5) is 8.78 Å². The first-order valence-electron chi connectivity index (χ1n) is 7.52. The van der Waals surface area contributed by atoms with Gasteiger partial charge >= 0.3 is 0 Å². The molecule has 1 fully saturated rings. The normalized spacial score (nSPS) is 18.8. The summed E-state index contributed by atoms with van der Waals surface area (Å²) in [5.74, 6) is -1.07. The van der Waals surface area contributed by atoms with Gasteiger partial charge in [0.25, 0.3) is 0 Å². The largest absolute Gasteiger partial charge is 0.310 e. The Labute approximate surface area is 128 Å². The molecule has 2 rings (SSSR count). The first-order chi connectivity index (χ1) is 9.65. The second kappa shape index (κ2) is 7.51. The van der Waals surface area contributed by atoms with Crippen LogP contribution in [0, 0.1) is 17.6 Å². The van der Waals surface area contributed by atoms with E-state index in [1.165, 1.54) is 31.7 Å². The summed E-state index contributed by atoms with van der Waals surface area (Å²) in [6.45, 7) is 2.88. The zero-order valence-corrected chi connectivity index (χ0v) is 13.5. The van der Waals surface area contributed by atoms with E-state index in [-0.39, 0.29) is 10.5 Å². The van der Waals surface area contributed by atoms with Crippen molar-refractivity contribution in [1.82, 2.24) is 5.32 Å². The second-order valence-corrected chi connectivity index (χ2v) is 6.34. The molecule has 1 aromatic carbocycles.